The van der Waals surface area contributed by atoms with Crippen molar-refractivity contribution in [3.8, 4) is 5.69 Å². The van der Waals surface area contributed by atoms with Crippen molar-refractivity contribution < 1.29 is 9.90 Å². The van der Waals surface area contributed by atoms with Crippen LogP contribution in [0.2, 0.25) is 0 Å². The summed E-state index contributed by atoms with van der Waals surface area (Å²) in [7, 11) is 1.79. The fraction of sp³-hybridized carbons (Fsp3) is 0.222. The number of aryl methyl sites for hydroxylation is 2. The topological polar surface area (TPSA) is 72.9 Å². The first kappa shape index (κ1) is 9.45. The minimum Gasteiger partial charge on any atom is -0.476 e. The van der Waals surface area contributed by atoms with Crippen LogP contribution in [0, 0.1) is 6.92 Å². The molecule has 0 atom stereocenters. The van der Waals surface area contributed by atoms with E-state index >= 15 is 0 Å². The average Bonchev–Trinajstić information content (AvgIpc) is 2.71. The normalized spacial score (nSPS) is 10.5. The maximum atomic E-state index is 10.8. The molecule has 2 aromatic heterocycles. The molecule has 0 saturated carbocycles. The first-order valence-corrected chi connectivity index (χ1v) is 4.36. The van der Waals surface area contributed by atoms with Crippen molar-refractivity contribution in [3.63, 3.8) is 0 Å². The van der Waals surface area contributed by atoms with Gasteiger partial charge in [0.2, 0.25) is 0 Å². The molecule has 78 valence electrons. The van der Waals surface area contributed by atoms with E-state index in [0.717, 1.165) is 5.69 Å². The Bertz CT molecular complexity index is 512. The molecular weight excluding hydrogens is 196 g/mol. The zero-order chi connectivity index (χ0) is 11.0. The van der Waals surface area contributed by atoms with Crippen molar-refractivity contribution in [2.24, 2.45) is 7.05 Å². The molecule has 0 aromatic carbocycles. The molecule has 0 spiro atoms. The van der Waals surface area contributed by atoms with Gasteiger partial charge in [0.25, 0.3) is 0 Å². The lowest BCUT2D eigenvalue weighted by Gasteiger charge is -1.93. The second kappa shape index (κ2) is 3.23. The fourth-order valence-electron chi connectivity index (χ4n) is 1.33. The van der Waals surface area contributed by atoms with E-state index in [0.29, 0.717) is 5.56 Å². The van der Waals surface area contributed by atoms with Crippen molar-refractivity contribution in [3.05, 3.63) is 29.8 Å². The smallest absolute Gasteiger partial charge is 0.356 e. The number of hydrogen-bond acceptors (Lipinski definition) is 3. The maximum Gasteiger partial charge on any atom is 0.356 e. The van der Waals surface area contributed by atoms with E-state index in [1.165, 1.54) is 4.68 Å². The zero-order valence-electron chi connectivity index (χ0n) is 8.38. The van der Waals surface area contributed by atoms with E-state index < -0.39 is 5.97 Å². The summed E-state index contributed by atoms with van der Waals surface area (Å²) in [6.07, 6.45) is 5.05. The number of aromatic nitrogens is 4. The monoisotopic (exact) mass is 206 g/mol. The second-order valence-electron chi connectivity index (χ2n) is 3.28. The summed E-state index contributed by atoms with van der Waals surface area (Å²) < 4.78 is 3.14. The van der Waals surface area contributed by atoms with Crippen molar-refractivity contribution in [2.45, 2.75) is 6.92 Å². The molecule has 0 saturated heterocycles. The molecule has 0 radical (unpaired) electrons. The maximum absolute atomic E-state index is 10.8. The average molecular weight is 206 g/mol. The number of carboxylic acids is 1. The second-order valence-corrected chi connectivity index (χ2v) is 3.28. The molecule has 2 aromatic rings. The van der Waals surface area contributed by atoms with Gasteiger partial charge in [-0.05, 0) is 6.92 Å². The molecule has 2 rings (SSSR count). The van der Waals surface area contributed by atoms with Gasteiger partial charge < -0.3 is 5.11 Å². The number of hydrogen-bond donors (Lipinski definition) is 1. The van der Waals surface area contributed by atoms with E-state index in [-0.39, 0.29) is 5.69 Å². The first-order chi connectivity index (χ1) is 7.08. The van der Waals surface area contributed by atoms with Crippen LogP contribution in [0.5, 0.6) is 0 Å². The van der Waals surface area contributed by atoms with E-state index in [1.54, 1.807) is 37.2 Å². The fourth-order valence-corrected chi connectivity index (χ4v) is 1.33. The predicted octanol–water partition coefficient (Wildman–Crippen LogP) is 0.612. The molecule has 0 aliphatic carbocycles. The molecule has 0 fully saturated rings. The van der Waals surface area contributed by atoms with Gasteiger partial charge in [0.1, 0.15) is 5.69 Å². The third-order valence-corrected chi connectivity index (χ3v) is 2.06. The van der Waals surface area contributed by atoms with Gasteiger partial charge in [0.15, 0.2) is 5.69 Å². The molecule has 2 heterocycles. The van der Waals surface area contributed by atoms with E-state index in [4.69, 9.17) is 5.11 Å². The zero-order valence-corrected chi connectivity index (χ0v) is 8.38. The summed E-state index contributed by atoms with van der Waals surface area (Å²) in [5, 5.41) is 16.8. The minimum atomic E-state index is -1.02. The Morgan fingerprint density at radius 3 is 2.67 bits per heavy atom. The standard InChI is InChI=1S/C9H10N4O2/c1-6-4-13(11-8(6)9(14)15)7-3-10-12(2)5-7/h3-5H,1-2H3,(H,14,15). The first-order valence-electron chi connectivity index (χ1n) is 4.36. The number of nitrogens with zero attached hydrogens (tertiary/aromatic N) is 4. The van der Waals surface area contributed by atoms with E-state index in [9.17, 15) is 4.79 Å². The summed E-state index contributed by atoms with van der Waals surface area (Å²) in [5.74, 6) is -1.02. The van der Waals surface area contributed by atoms with Crippen LogP contribution in [0.4, 0.5) is 0 Å². The summed E-state index contributed by atoms with van der Waals surface area (Å²) in [5.41, 5.74) is 1.44. The van der Waals surface area contributed by atoms with Crippen molar-refractivity contribution in [1.29, 1.82) is 0 Å². The summed E-state index contributed by atoms with van der Waals surface area (Å²) in [6, 6.07) is 0. The van der Waals surface area contributed by atoms with Crippen LogP contribution < -0.4 is 0 Å². The largest absolute Gasteiger partial charge is 0.476 e. The van der Waals surface area contributed by atoms with Crippen LogP contribution in [0.25, 0.3) is 5.69 Å². The molecule has 1 N–H and O–H groups in total. The number of carbonyl (C=O) groups is 1. The lowest BCUT2D eigenvalue weighted by atomic mass is 10.3. The molecule has 0 aliphatic heterocycles. The van der Waals surface area contributed by atoms with Crippen LogP contribution in [0.15, 0.2) is 18.6 Å². The summed E-state index contributed by atoms with van der Waals surface area (Å²) in [4.78, 5) is 10.8. The number of rotatable bonds is 2. The van der Waals surface area contributed by atoms with E-state index in [1.807, 2.05) is 0 Å². The van der Waals surface area contributed by atoms with Gasteiger partial charge >= 0.3 is 5.97 Å². The molecule has 0 aliphatic rings. The molecular formula is C9H10N4O2. The van der Waals surface area contributed by atoms with Gasteiger partial charge in [-0.25, -0.2) is 9.48 Å². The van der Waals surface area contributed by atoms with Crippen molar-refractivity contribution >= 4 is 5.97 Å². The number of carboxylic acid groups (broad SMARTS) is 1. The van der Waals surface area contributed by atoms with Gasteiger partial charge in [0, 0.05) is 18.8 Å². The molecule has 0 amide bonds. The minimum absolute atomic E-state index is 0.0684. The third-order valence-electron chi connectivity index (χ3n) is 2.06. The Labute approximate surface area is 85.8 Å². The lowest BCUT2D eigenvalue weighted by Crippen LogP contribution is -2.01. The van der Waals surface area contributed by atoms with Crippen LogP contribution >= 0.6 is 0 Å². The molecule has 0 bridgehead atoms. The number of aromatic carboxylic acids is 1. The Morgan fingerprint density at radius 1 is 1.47 bits per heavy atom. The molecule has 6 heteroatoms. The SMILES string of the molecule is Cc1cn(-c2cnn(C)c2)nc1C(=O)O. The van der Waals surface area contributed by atoms with Crippen molar-refractivity contribution in [1.82, 2.24) is 19.6 Å². The van der Waals surface area contributed by atoms with Gasteiger partial charge in [-0.15, -0.1) is 0 Å². The quantitative estimate of drug-likeness (QED) is 0.781. The third kappa shape index (κ3) is 1.61. The highest BCUT2D eigenvalue weighted by Gasteiger charge is 2.13. The Balaban J connectivity index is 2.46. The van der Waals surface area contributed by atoms with Gasteiger partial charge in [-0.3, -0.25) is 4.68 Å². The Hall–Kier alpha value is -2.11. The Morgan fingerprint density at radius 2 is 2.20 bits per heavy atom. The molecule has 6 nitrogen and oxygen atoms in total. The summed E-state index contributed by atoms with van der Waals surface area (Å²) in [6.45, 7) is 1.71. The predicted molar refractivity (Wildman–Crippen MR) is 52.0 cm³/mol. The highest BCUT2D eigenvalue weighted by atomic mass is 16.4. The van der Waals surface area contributed by atoms with Crippen LogP contribution in [-0.2, 0) is 7.05 Å². The van der Waals surface area contributed by atoms with Gasteiger partial charge in [0.05, 0.1) is 12.4 Å². The van der Waals surface area contributed by atoms with Crippen LogP contribution in [-0.4, -0.2) is 30.6 Å². The lowest BCUT2D eigenvalue weighted by molar-refractivity contribution is 0.0689. The van der Waals surface area contributed by atoms with Crippen molar-refractivity contribution in [2.75, 3.05) is 0 Å². The van der Waals surface area contributed by atoms with Gasteiger partial charge in [-0.2, -0.15) is 10.2 Å². The Kier molecular flexibility index (Phi) is 2.03. The van der Waals surface area contributed by atoms with Gasteiger partial charge in [-0.1, -0.05) is 0 Å². The van der Waals surface area contributed by atoms with E-state index in [2.05, 4.69) is 10.2 Å². The molecule has 15 heavy (non-hydrogen) atoms. The highest BCUT2D eigenvalue weighted by molar-refractivity contribution is 5.86. The van der Waals surface area contributed by atoms with Crippen LogP contribution in [0.1, 0.15) is 16.1 Å². The summed E-state index contributed by atoms with van der Waals surface area (Å²) >= 11 is 0. The van der Waals surface area contributed by atoms with Crippen LogP contribution in [0.3, 0.4) is 0 Å². The molecule has 0 unspecified atom stereocenters. The highest BCUT2D eigenvalue weighted by Crippen LogP contribution is 2.10.